The molecule has 2 N–H and O–H groups in total. The number of hydrogen-bond donors (Lipinski definition) is 1. The van der Waals surface area contributed by atoms with Crippen LogP contribution in [0, 0.1) is 0 Å². The molecule has 1 aromatic rings. The van der Waals surface area contributed by atoms with E-state index in [1.165, 1.54) is 11.3 Å². The number of rotatable bonds is 3. The fourth-order valence-corrected chi connectivity index (χ4v) is 2.31. The Hall–Kier alpha value is -1.42. The lowest BCUT2D eigenvalue weighted by Crippen LogP contribution is -2.17. The predicted molar refractivity (Wildman–Crippen MR) is 65.3 cm³/mol. The summed E-state index contributed by atoms with van der Waals surface area (Å²) in [4.78, 5) is 2.21. The molecule has 0 saturated carbocycles. The smallest absolute Gasteiger partial charge is 0.143 e. The highest BCUT2D eigenvalue weighted by Gasteiger charge is 2.27. The molecule has 88 valence electrons. The van der Waals surface area contributed by atoms with Crippen LogP contribution < -0.4 is 15.4 Å². The zero-order valence-corrected chi connectivity index (χ0v) is 9.99. The zero-order chi connectivity index (χ0) is 11.7. The maximum absolute atomic E-state index is 5.92. The van der Waals surface area contributed by atoms with E-state index >= 15 is 0 Å². The van der Waals surface area contributed by atoms with Crippen molar-refractivity contribution < 1.29 is 9.47 Å². The van der Waals surface area contributed by atoms with Crippen LogP contribution >= 0.6 is 0 Å². The van der Waals surface area contributed by atoms with Gasteiger partial charge in [-0.2, -0.15) is 0 Å². The summed E-state index contributed by atoms with van der Waals surface area (Å²) in [5.41, 5.74) is 9.06. The van der Waals surface area contributed by atoms with Crippen molar-refractivity contribution in [1.82, 2.24) is 0 Å². The van der Waals surface area contributed by atoms with Crippen LogP contribution in [0.5, 0.6) is 5.75 Å². The van der Waals surface area contributed by atoms with E-state index in [1.54, 1.807) is 14.2 Å². The van der Waals surface area contributed by atoms with Gasteiger partial charge in [0.2, 0.25) is 0 Å². The monoisotopic (exact) mass is 222 g/mol. The molecule has 0 amide bonds. The lowest BCUT2D eigenvalue weighted by Gasteiger charge is -2.13. The molecule has 1 heterocycles. The molecule has 0 fully saturated rings. The first-order valence-electron chi connectivity index (χ1n) is 5.34. The van der Waals surface area contributed by atoms with Crippen molar-refractivity contribution in [3.63, 3.8) is 0 Å². The van der Waals surface area contributed by atoms with E-state index in [0.717, 1.165) is 18.9 Å². The number of hydrogen-bond acceptors (Lipinski definition) is 4. The lowest BCUT2D eigenvalue weighted by molar-refractivity contribution is 0.183. The fraction of sp³-hybridized carbons (Fsp3) is 0.500. The van der Waals surface area contributed by atoms with Crippen LogP contribution in [0.4, 0.5) is 11.4 Å². The summed E-state index contributed by atoms with van der Waals surface area (Å²) in [7, 11) is 5.44. The predicted octanol–water partition coefficient (Wildman–Crippen LogP) is 1.46. The number of fused-ring (bicyclic) bond motifs is 1. The second kappa shape index (κ2) is 4.22. The van der Waals surface area contributed by atoms with E-state index in [1.807, 2.05) is 12.1 Å². The number of nitrogens with two attached hydrogens (primary N) is 1. The van der Waals surface area contributed by atoms with E-state index in [0.29, 0.717) is 11.6 Å². The maximum Gasteiger partial charge on any atom is 0.143 e. The summed E-state index contributed by atoms with van der Waals surface area (Å²) in [6.07, 6.45) is 0. The number of nitrogen functional groups attached to an aromatic ring is 1. The van der Waals surface area contributed by atoms with Crippen molar-refractivity contribution in [2.45, 2.75) is 5.92 Å². The van der Waals surface area contributed by atoms with Crippen molar-refractivity contribution >= 4 is 11.4 Å². The number of anilines is 2. The van der Waals surface area contributed by atoms with Gasteiger partial charge in [-0.15, -0.1) is 0 Å². The number of benzene rings is 1. The van der Waals surface area contributed by atoms with Gasteiger partial charge in [-0.1, -0.05) is 0 Å². The molecule has 0 spiro atoms. The highest BCUT2D eigenvalue weighted by Crippen LogP contribution is 2.40. The second-order valence-corrected chi connectivity index (χ2v) is 4.19. The Labute approximate surface area is 95.9 Å². The summed E-state index contributed by atoms with van der Waals surface area (Å²) in [5, 5.41) is 0. The number of methoxy groups -OCH3 is 2. The average Bonchev–Trinajstić information content (AvgIpc) is 2.55. The minimum absolute atomic E-state index is 0.401. The Balaban J connectivity index is 2.41. The Morgan fingerprint density at radius 3 is 2.81 bits per heavy atom. The van der Waals surface area contributed by atoms with Crippen LogP contribution in [0.1, 0.15) is 11.5 Å². The Morgan fingerprint density at radius 1 is 1.44 bits per heavy atom. The van der Waals surface area contributed by atoms with Crippen LogP contribution in [-0.4, -0.2) is 34.4 Å². The largest absolute Gasteiger partial charge is 0.495 e. The summed E-state index contributed by atoms with van der Waals surface area (Å²) < 4.78 is 10.5. The van der Waals surface area contributed by atoms with Crippen LogP contribution in [0.2, 0.25) is 0 Å². The van der Waals surface area contributed by atoms with Crippen molar-refractivity contribution in [2.75, 3.05) is 45.1 Å². The molecule has 0 aliphatic carbocycles. The van der Waals surface area contributed by atoms with Crippen molar-refractivity contribution in [3.8, 4) is 5.75 Å². The Morgan fingerprint density at radius 2 is 2.19 bits per heavy atom. The molecule has 0 aromatic heterocycles. The minimum Gasteiger partial charge on any atom is -0.495 e. The molecule has 4 nitrogen and oxygen atoms in total. The van der Waals surface area contributed by atoms with Crippen LogP contribution in [0.25, 0.3) is 0 Å². The van der Waals surface area contributed by atoms with Gasteiger partial charge in [0.05, 0.1) is 19.4 Å². The van der Waals surface area contributed by atoms with Crippen molar-refractivity contribution in [1.29, 1.82) is 0 Å². The Kier molecular flexibility index (Phi) is 2.92. The van der Waals surface area contributed by atoms with Gasteiger partial charge in [-0.05, 0) is 11.6 Å². The second-order valence-electron chi connectivity index (χ2n) is 4.19. The maximum atomic E-state index is 5.92. The fourth-order valence-electron chi connectivity index (χ4n) is 2.31. The molecule has 16 heavy (non-hydrogen) atoms. The molecule has 1 unspecified atom stereocenters. The third-order valence-electron chi connectivity index (χ3n) is 3.09. The molecule has 0 radical (unpaired) electrons. The summed E-state index contributed by atoms with van der Waals surface area (Å²) in [6.45, 7) is 1.69. The SMILES string of the molecule is COCC1CN(C)c2cc(OC)c(N)cc21. The third kappa shape index (κ3) is 1.69. The van der Waals surface area contributed by atoms with Crippen LogP contribution in [0.15, 0.2) is 12.1 Å². The average molecular weight is 222 g/mol. The Bertz CT molecular complexity index is 393. The van der Waals surface area contributed by atoms with Gasteiger partial charge in [-0.25, -0.2) is 0 Å². The topological polar surface area (TPSA) is 47.7 Å². The molecule has 2 rings (SSSR count). The number of likely N-dealkylation sites (N-methyl/N-ethyl adjacent to an activating group) is 1. The van der Waals surface area contributed by atoms with Gasteiger partial charge in [-0.3, -0.25) is 0 Å². The van der Waals surface area contributed by atoms with Crippen LogP contribution in [0.3, 0.4) is 0 Å². The molecule has 0 bridgehead atoms. The van der Waals surface area contributed by atoms with E-state index in [4.69, 9.17) is 15.2 Å². The van der Waals surface area contributed by atoms with Gasteiger partial charge >= 0.3 is 0 Å². The highest BCUT2D eigenvalue weighted by molar-refractivity contribution is 5.70. The summed E-state index contributed by atoms with van der Waals surface area (Å²) >= 11 is 0. The molecule has 1 aliphatic rings. The first-order chi connectivity index (χ1) is 7.67. The van der Waals surface area contributed by atoms with Crippen LogP contribution in [-0.2, 0) is 4.74 Å². The first-order valence-corrected chi connectivity index (χ1v) is 5.34. The van der Waals surface area contributed by atoms with Crippen molar-refractivity contribution in [3.05, 3.63) is 17.7 Å². The molecule has 0 saturated heterocycles. The summed E-state index contributed by atoms with van der Waals surface area (Å²) in [5.74, 6) is 1.14. The number of nitrogens with zero attached hydrogens (tertiary/aromatic N) is 1. The normalized spacial score (nSPS) is 18.7. The molecule has 1 aliphatic heterocycles. The molecule has 1 aromatic carbocycles. The lowest BCUT2D eigenvalue weighted by atomic mass is 10.0. The number of ether oxygens (including phenoxy) is 2. The van der Waals surface area contributed by atoms with E-state index in [9.17, 15) is 0 Å². The van der Waals surface area contributed by atoms with E-state index in [2.05, 4.69) is 11.9 Å². The minimum atomic E-state index is 0.401. The highest BCUT2D eigenvalue weighted by atomic mass is 16.5. The molecular formula is C12H18N2O2. The van der Waals surface area contributed by atoms with E-state index in [-0.39, 0.29) is 0 Å². The van der Waals surface area contributed by atoms with Gasteiger partial charge in [0.1, 0.15) is 5.75 Å². The van der Waals surface area contributed by atoms with Gasteiger partial charge in [0.15, 0.2) is 0 Å². The molecule has 4 heteroatoms. The van der Waals surface area contributed by atoms with Gasteiger partial charge in [0.25, 0.3) is 0 Å². The summed E-state index contributed by atoms with van der Waals surface area (Å²) in [6, 6.07) is 4.00. The standard InChI is InChI=1S/C12H18N2O2/c1-14-6-8(7-15-2)9-4-10(13)12(16-3)5-11(9)14/h4-5,8H,6-7,13H2,1-3H3. The van der Waals surface area contributed by atoms with Gasteiger partial charge < -0.3 is 20.1 Å². The van der Waals surface area contributed by atoms with Crippen molar-refractivity contribution in [2.24, 2.45) is 0 Å². The molecule has 1 atom stereocenters. The molecular weight excluding hydrogens is 204 g/mol. The first kappa shape index (κ1) is 11.1. The van der Waals surface area contributed by atoms with E-state index < -0.39 is 0 Å². The third-order valence-corrected chi connectivity index (χ3v) is 3.09. The quantitative estimate of drug-likeness (QED) is 0.786. The zero-order valence-electron chi connectivity index (χ0n) is 9.99. The van der Waals surface area contributed by atoms with Gasteiger partial charge in [0, 0.05) is 38.4 Å².